The molecule has 0 atom stereocenters. The standard InChI is InChI=1S/C21H24N4O4S/c1-4-13-23-30(28,29)19-11-7-17(8-12-19)20(26)22-14-16-5-9-18(10-6-16)25-21(27)24-15(2)3/h1,5-12,15,23H,13-14H2,2-3H3,(H,22,26)(H2,24,25,27). The number of terminal acetylenes is 1. The summed E-state index contributed by atoms with van der Waals surface area (Å²) in [7, 11) is -3.70. The molecular weight excluding hydrogens is 404 g/mol. The predicted octanol–water partition coefficient (Wildman–Crippen LogP) is 2.06. The number of hydrogen-bond acceptors (Lipinski definition) is 4. The maximum atomic E-state index is 12.3. The second-order valence-corrected chi connectivity index (χ2v) is 8.45. The second kappa shape index (κ2) is 10.4. The highest BCUT2D eigenvalue weighted by Gasteiger charge is 2.14. The molecule has 0 unspecified atom stereocenters. The number of carbonyl (C=O) groups is 2. The first-order valence-electron chi connectivity index (χ1n) is 9.19. The fraction of sp³-hybridized carbons (Fsp3) is 0.238. The Labute approximate surface area is 176 Å². The molecule has 2 aromatic carbocycles. The summed E-state index contributed by atoms with van der Waals surface area (Å²) in [6.07, 6.45) is 5.05. The Morgan fingerprint density at radius 2 is 1.67 bits per heavy atom. The summed E-state index contributed by atoms with van der Waals surface area (Å²) in [5, 5.41) is 8.21. The maximum absolute atomic E-state index is 12.3. The van der Waals surface area contributed by atoms with E-state index >= 15 is 0 Å². The average Bonchev–Trinajstić information content (AvgIpc) is 2.71. The molecule has 158 valence electrons. The van der Waals surface area contributed by atoms with E-state index in [9.17, 15) is 18.0 Å². The lowest BCUT2D eigenvalue weighted by molar-refractivity contribution is 0.0950. The van der Waals surface area contributed by atoms with Crippen molar-refractivity contribution in [1.29, 1.82) is 0 Å². The Hall–Kier alpha value is -3.35. The van der Waals surface area contributed by atoms with Gasteiger partial charge in [-0.05, 0) is 55.8 Å². The van der Waals surface area contributed by atoms with E-state index in [1.807, 2.05) is 13.8 Å². The van der Waals surface area contributed by atoms with Crippen LogP contribution in [0.5, 0.6) is 0 Å². The Balaban J connectivity index is 1.91. The van der Waals surface area contributed by atoms with E-state index in [1.165, 1.54) is 24.3 Å². The van der Waals surface area contributed by atoms with Crippen molar-refractivity contribution < 1.29 is 18.0 Å². The molecule has 4 N–H and O–H groups in total. The molecular formula is C21H24N4O4S. The summed E-state index contributed by atoms with van der Waals surface area (Å²) in [5.41, 5.74) is 1.81. The Morgan fingerprint density at radius 1 is 1.03 bits per heavy atom. The minimum Gasteiger partial charge on any atom is -0.348 e. The van der Waals surface area contributed by atoms with Gasteiger partial charge in [-0.25, -0.2) is 13.2 Å². The molecule has 0 fully saturated rings. The number of carbonyl (C=O) groups excluding carboxylic acids is 2. The highest BCUT2D eigenvalue weighted by molar-refractivity contribution is 7.89. The van der Waals surface area contributed by atoms with Crippen LogP contribution in [0.4, 0.5) is 10.5 Å². The van der Waals surface area contributed by atoms with Crippen LogP contribution in [-0.2, 0) is 16.6 Å². The summed E-state index contributed by atoms with van der Waals surface area (Å²) in [6, 6.07) is 12.4. The third kappa shape index (κ3) is 6.92. The van der Waals surface area contributed by atoms with Crippen molar-refractivity contribution in [3.8, 4) is 12.3 Å². The van der Waals surface area contributed by atoms with Crippen molar-refractivity contribution in [3.05, 3.63) is 59.7 Å². The first-order chi connectivity index (χ1) is 14.2. The molecule has 0 aromatic heterocycles. The normalized spacial score (nSPS) is 10.9. The van der Waals surface area contributed by atoms with E-state index < -0.39 is 10.0 Å². The minimum atomic E-state index is -3.70. The van der Waals surface area contributed by atoms with Gasteiger partial charge in [0.05, 0.1) is 11.4 Å². The van der Waals surface area contributed by atoms with Crippen LogP contribution in [0, 0.1) is 12.3 Å². The highest BCUT2D eigenvalue weighted by Crippen LogP contribution is 2.12. The molecule has 0 bridgehead atoms. The largest absolute Gasteiger partial charge is 0.348 e. The van der Waals surface area contributed by atoms with Gasteiger partial charge in [-0.1, -0.05) is 18.1 Å². The molecule has 0 aliphatic heterocycles. The van der Waals surface area contributed by atoms with Crippen molar-refractivity contribution in [2.75, 3.05) is 11.9 Å². The van der Waals surface area contributed by atoms with E-state index in [2.05, 4.69) is 26.6 Å². The van der Waals surface area contributed by atoms with Crippen LogP contribution < -0.4 is 20.7 Å². The van der Waals surface area contributed by atoms with E-state index in [0.717, 1.165) is 5.56 Å². The third-order valence-corrected chi connectivity index (χ3v) is 5.29. The molecule has 8 nitrogen and oxygen atoms in total. The molecule has 0 spiro atoms. The van der Waals surface area contributed by atoms with Gasteiger partial charge in [0.25, 0.3) is 5.91 Å². The molecule has 0 aliphatic rings. The number of benzene rings is 2. The molecule has 9 heteroatoms. The van der Waals surface area contributed by atoms with Crippen molar-refractivity contribution in [3.63, 3.8) is 0 Å². The monoisotopic (exact) mass is 428 g/mol. The zero-order chi connectivity index (χ0) is 22.1. The van der Waals surface area contributed by atoms with Gasteiger partial charge in [-0.2, -0.15) is 4.72 Å². The summed E-state index contributed by atoms with van der Waals surface area (Å²) in [5.74, 6) is 1.86. The van der Waals surface area contributed by atoms with Crippen LogP contribution in [0.15, 0.2) is 53.4 Å². The molecule has 3 amide bonds. The van der Waals surface area contributed by atoms with Crippen LogP contribution in [0.3, 0.4) is 0 Å². The van der Waals surface area contributed by atoms with Crippen molar-refractivity contribution >= 4 is 27.6 Å². The van der Waals surface area contributed by atoms with Crippen LogP contribution >= 0.6 is 0 Å². The molecule has 0 radical (unpaired) electrons. The quantitative estimate of drug-likeness (QED) is 0.482. The lowest BCUT2D eigenvalue weighted by atomic mass is 10.2. The molecule has 0 saturated carbocycles. The lowest BCUT2D eigenvalue weighted by Gasteiger charge is -2.11. The molecule has 2 rings (SSSR count). The molecule has 0 saturated heterocycles. The summed E-state index contributed by atoms with van der Waals surface area (Å²) in [6.45, 7) is 3.91. The molecule has 30 heavy (non-hydrogen) atoms. The SMILES string of the molecule is C#CCNS(=O)(=O)c1ccc(C(=O)NCc2ccc(NC(=O)NC(C)C)cc2)cc1. The fourth-order valence-corrected chi connectivity index (χ4v) is 3.36. The van der Waals surface area contributed by atoms with Crippen molar-refractivity contribution in [2.24, 2.45) is 0 Å². The highest BCUT2D eigenvalue weighted by atomic mass is 32.2. The zero-order valence-electron chi connectivity index (χ0n) is 16.7. The van der Waals surface area contributed by atoms with Gasteiger partial charge in [-0.3, -0.25) is 4.79 Å². The summed E-state index contributed by atoms with van der Waals surface area (Å²) in [4.78, 5) is 24.0. The van der Waals surface area contributed by atoms with Gasteiger partial charge in [0.2, 0.25) is 10.0 Å². The van der Waals surface area contributed by atoms with Gasteiger partial charge in [0, 0.05) is 23.8 Å². The van der Waals surface area contributed by atoms with Crippen molar-refractivity contribution in [2.45, 2.75) is 31.3 Å². The van der Waals surface area contributed by atoms with Crippen LogP contribution in [-0.4, -0.2) is 32.9 Å². The van der Waals surface area contributed by atoms with Gasteiger partial charge in [0.1, 0.15) is 0 Å². The molecule has 0 heterocycles. The topological polar surface area (TPSA) is 116 Å². The van der Waals surface area contributed by atoms with Gasteiger partial charge >= 0.3 is 6.03 Å². The molecule has 2 aromatic rings. The van der Waals surface area contributed by atoms with Gasteiger partial charge in [0.15, 0.2) is 0 Å². The van der Waals surface area contributed by atoms with E-state index in [-0.39, 0.29) is 36.0 Å². The first-order valence-corrected chi connectivity index (χ1v) is 10.7. The lowest BCUT2D eigenvalue weighted by Crippen LogP contribution is -2.34. The van der Waals surface area contributed by atoms with E-state index in [1.54, 1.807) is 24.3 Å². The Bertz CT molecular complexity index is 1020. The average molecular weight is 429 g/mol. The third-order valence-electron chi connectivity index (χ3n) is 3.88. The number of anilines is 1. The van der Waals surface area contributed by atoms with Gasteiger partial charge < -0.3 is 16.0 Å². The number of amides is 3. The van der Waals surface area contributed by atoms with Crippen LogP contribution in [0.2, 0.25) is 0 Å². The zero-order valence-corrected chi connectivity index (χ0v) is 17.5. The van der Waals surface area contributed by atoms with Crippen LogP contribution in [0.25, 0.3) is 0 Å². The predicted molar refractivity (Wildman–Crippen MR) is 115 cm³/mol. The Kier molecular flexibility index (Phi) is 7.98. The minimum absolute atomic E-state index is 0.0268. The van der Waals surface area contributed by atoms with E-state index in [0.29, 0.717) is 11.3 Å². The number of urea groups is 1. The second-order valence-electron chi connectivity index (χ2n) is 6.69. The van der Waals surface area contributed by atoms with Gasteiger partial charge in [-0.15, -0.1) is 6.42 Å². The number of hydrogen-bond donors (Lipinski definition) is 4. The summed E-state index contributed by atoms with van der Waals surface area (Å²) >= 11 is 0. The van der Waals surface area contributed by atoms with E-state index in [4.69, 9.17) is 6.42 Å². The smallest absolute Gasteiger partial charge is 0.319 e. The number of sulfonamides is 1. The van der Waals surface area contributed by atoms with Crippen molar-refractivity contribution in [1.82, 2.24) is 15.4 Å². The van der Waals surface area contributed by atoms with Crippen LogP contribution in [0.1, 0.15) is 29.8 Å². The molecule has 0 aliphatic carbocycles. The first kappa shape index (κ1) is 22.9. The Morgan fingerprint density at radius 3 is 2.23 bits per heavy atom. The number of rotatable bonds is 8. The number of nitrogens with one attached hydrogen (secondary N) is 4. The maximum Gasteiger partial charge on any atom is 0.319 e. The summed E-state index contributed by atoms with van der Waals surface area (Å²) < 4.78 is 26.2. The fourth-order valence-electron chi connectivity index (χ4n) is 2.43.